The minimum atomic E-state index is -3.93. The van der Waals surface area contributed by atoms with E-state index in [1.54, 1.807) is 18.2 Å². The maximum atomic E-state index is 10.4. The molecule has 0 saturated carbocycles. The van der Waals surface area contributed by atoms with Crippen molar-refractivity contribution in [3.63, 3.8) is 0 Å². The highest BCUT2D eigenvalue weighted by Gasteiger charge is 2.05. The molecule has 0 unspecified atom stereocenters. The lowest BCUT2D eigenvalue weighted by Gasteiger charge is -2.08. The number of nitrogens with two attached hydrogens (primary N) is 4. The molecule has 1 aliphatic heterocycles. The quantitative estimate of drug-likeness (QED) is 0.205. The Hall–Kier alpha value is -2.53. The third kappa shape index (κ3) is 16.2. The van der Waals surface area contributed by atoms with E-state index in [0.717, 1.165) is 18.9 Å². The van der Waals surface area contributed by atoms with Crippen LogP contribution in [-0.4, -0.2) is 45.6 Å². The van der Waals surface area contributed by atoms with Crippen LogP contribution in [0.3, 0.4) is 0 Å². The average molecular weight is 429 g/mol. The van der Waals surface area contributed by atoms with Gasteiger partial charge >= 0.3 is 0 Å². The minimum absolute atomic E-state index is 0.146. The molecular weight excluding hydrogens is 396 g/mol. The van der Waals surface area contributed by atoms with Gasteiger partial charge in [0.05, 0.1) is 31.3 Å². The largest absolute Gasteiger partial charge is 0.491 e. The molecule has 0 aromatic heterocycles. The molecule has 1 aliphatic rings. The Morgan fingerprint density at radius 2 is 1.62 bits per heavy atom. The molecule has 0 bridgehead atoms. The van der Waals surface area contributed by atoms with Crippen molar-refractivity contribution in [1.29, 1.82) is 0 Å². The molecule has 3 rings (SSSR count). The molecule has 164 valence electrons. The lowest BCUT2D eigenvalue weighted by Crippen LogP contribution is -2.09. The van der Waals surface area contributed by atoms with E-state index in [4.69, 9.17) is 26.5 Å². The highest BCUT2D eigenvalue weighted by molar-refractivity contribution is 7.85. The first-order valence-electron chi connectivity index (χ1n) is 8.88. The SMILES string of the molecule is C1CO1.CN.Cc1cccc(N)c1.Nc1ccc(N)c(OCCCS(=O)(=O)O)c1. The zero-order valence-electron chi connectivity index (χ0n) is 16.9. The van der Waals surface area contributed by atoms with Crippen LogP contribution >= 0.6 is 0 Å². The van der Waals surface area contributed by atoms with Crippen molar-refractivity contribution >= 4 is 27.2 Å². The van der Waals surface area contributed by atoms with Gasteiger partial charge in [-0.15, -0.1) is 0 Å². The van der Waals surface area contributed by atoms with Gasteiger partial charge in [-0.3, -0.25) is 4.55 Å². The van der Waals surface area contributed by atoms with Crippen molar-refractivity contribution in [2.24, 2.45) is 5.73 Å². The third-order valence-electron chi connectivity index (χ3n) is 3.09. The van der Waals surface area contributed by atoms with Gasteiger partial charge in [0.2, 0.25) is 0 Å². The van der Waals surface area contributed by atoms with Crippen LogP contribution in [0.25, 0.3) is 0 Å². The summed E-state index contributed by atoms with van der Waals surface area (Å²) in [6, 6.07) is 12.6. The van der Waals surface area contributed by atoms with Gasteiger partial charge in [-0.1, -0.05) is 12.1 Å². The molecular formula is C19H32N4O5S. The first kappa shape index (κ1) is 26.5. The normalized spacial score (nSPS) is 11.4. The Kier molecular flexibility index (Phi) is 13.2. The zero-order valence-corrected chi connectivity index (χ0v) is 17.7. The van der Waals surface area contributed by atoms with Gasteiger partial charge in [0, 0.05) is 17.4 Å². The maximum Gasteiger partial charge on any atom is 0.264 e. The minimum Gasteiger partial charge on any atom is -0.491 e. The first-order chi connectivity index (χ1) is 13.7. The number of hydrogen-bond donors (Lipinski definition) is 5. The van der Waals surface area contributed by atoms with Crippen molar-refractivity contribution < 1.29 is 22.4 Å². The molecule has 0 aliphatic carbocycles. The van der Waals surface area contributed by atoms with Crippen LogP contribution < -0.4 is 27.7 Å². The summed E-state index contributed by atoms with van der Waals surface area (Å²) in [6.07, 6.45) is 0.188. The summed E-state index contributed by atoms with van der Waals surface area (Å²) in [5.74, 6) is 0.0743. The van der Waals surface area contributed by atoms with E-state index in [1.165, 1.54) is 12.6 Å². The van der Waals surface area contributed by atoms with Crippen molar-refractivity contribution in [2.45, 2.75) is 13.3 Å². The van der Waals surface area contributed by atoms with Crippen molar-refractivity contribution in [3.8, 4) is 5.75 Å². The van der Waals surface area contributed by atoms with Gasteiger partial charge < -0.3 is 32.4 Å². The topological polar surface area (TPSA) is 180 Å². The molecule has 1 fully saturated rings. The molecule has 9 nitrogen and oxygen atoms in total. The van der Waals surface area contributed by atoms with Crippen molar-refractivity contribution in [3.05, 3.63) is 48.0 Å². The Morgan fingerprint density at radius 3 is 2.07 bits per heavy atom. The number of epoxide rings is 1. The second-order valence-electron chi connectivity index (χ2n) is 5.81. The number of aryl methyl sites for hydroxylation is 1. The second kappa shape index (κ2) is 14.5. The molecule has 0 spiro atoms. The van der Waals surface area contributed by atoms with E-state index < -0.39 is 10.1 Å². The van der Waals surface area contributed by atoms with Gasteiger partial charge in [0.25, 0.3) is 10.1 Å². The molecule has 2 aromatic carbocycles. The van der Waals surface area contributed by atoms with E-state index in [0.29, 0.717) is 17.1 Å². The first-order valence-corrected chi connectivity index (χ1v) is 10.5. The Morgan fingerprint density at radius 1 is 1.03 bits per heavy atom. The number of anilines is 3. The molecule has 1 saturated heterocycles. The van der Waals surface area contributed by atoms with Gasteiger partial charge in [-0.2, -0.15) is 8.42 Å². The smallest absolute Gasteiger partial charge is 0.264 e. The van der Waals surface area contributed by atoms with Crippen LogP contribution in [0.15, 0.2) is 42.5 Å². The number of nitrogen functional groups attached to an aromatic ring is 3. The van der Waals surface area contributed by atoms with Crippen molar-refractivity contribution in [1.82, 2.24) is 0 Å². The van der Waals surface area contributed by atoms with E-state index in [2.05, 4.69) is 10.5 Å². The number of hydrogen-bond acceptors (Lipinski definition) is 8. The predicted molar refractivity (Wildman–Crippen MR) is 118 cm³/mol. The summed E-state index contributed by atoms with van der Waals surface area (Å²) in [6.45, 7) is 4.17. The summed E-state index contributed by atoms with van der Waals surface area (Å²) >= 11 is 0. The fraction of sp³-hybridized carbons (Fsp3) is 0.368. The summed E-state index contributed by atoms with van der Waals surface area (Å²) in [5, 5.41) is 0. The van der Waals surface area contributed by atoms with Gasteiger partial charge in [-0.25, -0.2) is 0 Å². The molecule has 0 atom stereocenters. The highest BCUT2D eigenvalue weighted by atomic mass is 32.2. The van der Waals surface area contributed by atoms with Gasteiger partial charge in [-0.05, 0) is 50.2 Å². The molecule has 1 heterocycles. The maximum absolute atomic E-state index is 10.4. The molecule has 29 heavy (non-hydrogen) atoms. The van der Waals surface area contributed by atoms with E-state index in [-0.39, 0.29) is 18.8 Å². The van der Waals surface area contributed by atoms with E-state index in [1.807, 2.05) is 31.2 Å². The Bertz CT molecular complexity index is 794. The third-order valence-corrected chi connectivity index (χ3v) is 3.89. The van der Waals surface area contributed by atoms with Gasteiger partial charge in [0.1, 0.15) is 5.75 Å². The summed E-state index contributed by atoms with van der Waals surface area (Å²) < 4.78 is 39.1. The lowest BCUT2D eigenvalue weighted by atomic mass is 10.2. The molecule has 10 heteroatoms. The molecule has 0 amide bonds. The number of benzene rings is 2. The van der Waals surface area contributed by atoms with Crippen LogP contribution in [0.4, 0.5) is 17.1 Å². The average Bonchev–Trinajstić information content (AvgIpc) is 3.52. The van der Waals surface area contributed by atoms with Gasteiger partial charge in [0.15, 0.2) is 0 Å². The van der Waals surface area contributed by atoms with Crippen LogP contribution in [0.1, 0.15) is 12.0 Å². The summed E-state index contributed by atoms with van der Waals surface area (Å²) in [5.41, 5.74) is 24.1. The van der Waals surface area contributed by atoms with Crippen LogP contribution in [0.5, 0.6) is 5.75 Å². The van der Waals surface area contributed by atoms with Crippen molar-refractivity contribution in [2.75, 3.05) is 49.8 Å². The molecule has 0 radical (unpaired) electrons. The summed E-state index contributed by atoms with van der Waals surface area (Å²) in [7, 11) is -2.43. The Labute approximate surface area is 172 Å². The fourth-order valence-electron chi connectivity index (χ4n) is 1.77. The van der Waals surface area contributed by atoms with E-state index >= 15 is 0 Å². The van der Waals surface area contributed by atoms with Crippen LogP contribution in [-0.2, 0) is 14.9 Å². The predicted octanol–water partition coefficient (Wildman–Crippen LogP) is 1.68. The van der Waals surface area contributed by atoms with E-state index in [9.17, 15) is 8.42 Å². The fourth-order valence-corrected chi connectivity index (χ4v) is 2.25. The molecule has 2 aromatic rings. The highest BCUT2D eigenvalue weighted by Crippen LogP contribution is 2.23. The summed E-state index contributed by atoms with van der Waals surface area (Å²) in [4.78, 5) is 0. The van der Waals surface area contributed by atoms with Crippen LogP contribution in [0, 0.1) is 6.92 Å². The standard InChI is InChI=1S/C9H14N2O4S.C7H9N.C2H4O.CH5N/c10-7-2-3-8(11)9(6-7)15-4-1-5-16(12,13)14;1-6-3-2-4-7(8)5-6;1-2-3-1;1-2/h2-3,6H,1,4-5,10-11H2,(H,12,13,14);2-5H,8H2,1H3;1-2H2;2H2,1H3. The lowest BCUT2D eigenvalue weighted by molar-refractivity contribution is 0.318. The van der Waals surface area contributed by atoms with Crippen LogP contribution in [0.2, 0.25) is 0 Å². The number of ether oxygens (including phenoxy) is 2. The Balaban J connectivity index is 0.000000494. The monoisotopic (exact) mass is 428 g/mol. The molecule has 9 N–H and O–H groups in total. The second-order valence-corrected chi connectivity index (χ2v) is 7.38. The zero-order chi connectivity index (χ0) is 22.3. The number of rotatable bonds is 5.